The van der Waals surface area contributed by atoms with Crippen molar-refractivity contribution in [3.8, 4) is 5.75 Å². The number of carbonyl (C=O) groups excluding carboxylic acids is 1. The Labute approximate surface area is 272 Å². The maximum atomic E-state index is 13.5. The summed E-state index contributed by atoms with van der Waals surface area (Å²) in [5, 5.41) is 1.11. The Bertz CT molecular complexity index is 1350. The first kappa shape index (κ1) is 31.8. The number of methoxy groups -OCH3 is 1. The van der Waals surface area contributed by atoms with E-state index in [0.29, 0.717) is 48.4 Å². The van der Waals surface area contributed by atoms with Gasteiger partial charge >= 0.3 is 0 Å². The molecule has 0 aromatic heterocycles. The summed E-state index contributed by atoms with van der Waals surface area (Å²) in [6, 6.07) is 12.4. The molecule has 0 radical (unpaired) electrons. The molecule has 1 saturated carbocycles. The summed E-state index contributed by atoms with van der Waals surface area (Å²) in [7, 11) is 1.73. The zero-order valence-electron chi connectivity index (χ0n) is 26.4. The van der Waals surface area contributed by atoms with Crippen LogP contribution in [0.1, 0.15) is 73.9 Å². The zero-order chi connectivity index (χ0) is 30.7. The highest BCUT2D eigenvalue weighted by molar-refractivity contribution is 7.98. The molecule has 44 heavy (non-hydrogen) atoms. The van der Waals surface area contributed by atoms with Gasteiger partial charge in [0.15, 0.2) is 0 Å². The molecule has 6 atom stereocenters. The fourth-order valence-corrected chi connectivity index (χ4v) is 8.83. The zero-order valence-corrected chi connectivity index (χ0v) is 27.9. The first-order valence-corrected chi connectivity index (χ1v) is 17.7. The Hall–Kier alpha value is -2.19. The summed E-state index contributed by atoms with van der Waals surface area (Å²) in [4.78, 5) is 16.0. The summed E-state index contributed by atoms with van der Waals surface area (Å²) in [6.45, 7) is 8.02. The Morgan fingerprint density at radius 1 is 1.18 bits per heavy atom. The summed E-state index contributed by atoms with van der Waals surface area (Å²) in [5.74, 6) is 2.15. The lowest BCUT2D eigenvalue weighted by Crippen LogP contribution is -2.49. The van der Waals surface area contributed by atoms with E-state index >= 15 is 0 Å². The molecular formula is C36H47ClN2O4S. The first-order valence-electron chi connectivity index (χ1n) is 16.4. The van der Waals surface area contributed by atoms with Crippen LogP contribution in [0.3, 0.4) is 0 Å². The average Bonchev–Trinajstić information content (AvgIpc) is 3.15. The second kappa shape index (κ2) is 14.1. The summed E-state index contributed by atoms with van der Waals surface area (Å²) in [5.41, 5.74) is 4.25. The van der Waals surface area contributed by atoms with E-state index < -0.39 is 0 Å². The standard InChI is InChI=1S/C36H47ClN2O4S/c1-4-34-24(2)7-5-9-32(42-18-17-41-3)29-13-10-27(29)21-39-22-36(16-6-8-25-19-28(37)12-14-30(25)36)23-43-33-15-11-26(20-31(33)39)35(40)38-44-34/h5,9,11-12,14-15,19-20,24,27,29,32,34H,4,6-8,10,13,16-18,21-23H2,1-3H3,(H,38,40)/b9-5+/t24-,27-,29+,32-,34+,36-/m0/s1. The van der Waals surface area contributed by atoms with Crippen LogP contribution >= 0.6 is 23.5 Å². The number of nitrogens with zero attached hydrogens (tertiary/aromatic N) is 1. The molecule has 2 aliphatic carbocycles. The normalized spacial score (nSPS) is 31.1. The monoisotopic (exact) mass is 638 g/mol. The van der Waals surface area contributed by atoms with Gasteiger partial charge in [0.2, 0.25) is 0 Å². The molecule has 1 N–H and O–H groups in total. The van der Waals surface area contributed by atoms with Gasteiger partial charge in [-0.1, -0.05) is 43.7 Å². The molecule has 1 amide bonds. The van der Waals surface area contributed by atoms with Gasteiger partial charge in [-0.3, -0.25) is 9.52 Å². The van der Waals surface area contributed by atoms with Crippen LogP contribution in [0.2, 0.25) is 5.02 Å². The van der Waals surface area contributed by atoms with E-state index in [1.165, 1.54) is 17.5 Å². The lowest BCUT2D eigenvalue weighted by atomic mass is 9.68. The van der Waals surface area contributed by atoms with E-state index in [-0.39, 0.29) is 17.4 Å². The molecular weight excluding hydrogens is 592 g/mol. The van der Waals surface area contributed by atoms with Crippen LogP contribution in [0.15, 0.2) is 48.6 Å². The third-order valence-electron chi connectivity index (χ3n) is 10.4. The number of anilines is 1. The van der Waals surface area contributed by atoms with Crippen molar-refractivity contribution in [1.82, 2.24) is 4.72 Å². The summed E-state index contributed by atoms with van der Waals surface area (Å²) in [6.07, 6.45) is 12.2. The van der Waals surface area contributed by atoms with E-state index in [1.807, 2.05) is 18.2 Å². The van der Waals surface area contributed by atoms with Crippen molar-refractivity contribution in [3.63, 3.8) is 0 Å². The van der Waals surface area contributed by atoms with E-state index in [2.05, 4.69) is 53.8 Å². The van der Waals surface area contributed by atoms with Gasteiger partial charge in [-0.05, 0) is 116 Å². The molecule has 0 unspecified atom stereocenters. The van der Waals surface area contributed by atoms with Gasteiger partial charge < -0.3 is 19.1 Å². The van der Waals surface area contributed by atoms with Gasteiger partial charge in [0.1, 0.15) is 5.75 Å². The highest BCUT2D eigenvalue weighted by atomic mass is 35.5. The molecule has 2 bridgehead atoms. The van der Waals surface area contributed by atoms with Crippen molar-refractivity contribution >= 4 is 35.1 Å². The van der Waals surface area contributed by atoms with E-state index in [4.69, 9.17) is 25.8 Å². The highest BCUT2D eigenvalue weighted by Crippen LogP contribution is 2.47. The van der Waals surface area contributed by atoms with Crippen molar-refractivity contribution in [2.24, 2.45) is 17.8 Å². The van der Waals surface area contributed by atoms with Gasteiger partial charge in [-0.2, -0.15) is 0 Å². The number of aryl methyl sites for hydroxylation is 1. The predicted octanol–water partition coefficient (Wildman–Crippen LogP) is 7.62. The Kier molecular flexibility index (Phi) is 10.2. The van der Waals surface area contributed by atoms with Crippen LogP contribution in [0.5, 0.6) is 5.75 Å². The van der Waals surface area contributed by atoms with Crippen molar-refractivity contribution in [3.05, 3.63) is 70.3 Å². The number of benzene rings is 2. The molecule has 2 aromatic carbocycles. The largest absolute Gasteiger partial charge is 0.490 e. The third-order valence-corrected chi connectivity index (χ3v) is 12.1. The van der Waals surface area contributed by atoms with Gasteiger partial charge in [-0.25, -0.2) is 0 Å². The van der Waals surface area contributed by atoms with Crippen LogP contribution in [0.4, 0.5) is 5.69 Å². The maximum absolute atomic E-state index is 13.5. The smallest absolute Gasteiger partial charge is 0.261 e. The molecule has 1 spiro atoms. The lowest BCUT2D eigenvalue weighted by Gasteiger charge is -2.46. The molecule has 6 rings (SSSR count). The molecule has 238 valence electrons. The predicted molar refractivity (Wildman–Crippen MR) is 180 cm³/mol. The molecule has 4 aliphatic rings. The van der Waals surface area contributed by atoms with E-state index in [0.717, 1.165) is 68.1 Å². The van der Waals surface area contributed by atoms with Gasteiger partial charge in [0, 0.05) is 41.5 Å². The number of amides is 1. The van der Waals surface area contributed by atoms with Gasteiger partial charge in [0.05, 0.1) is 31.6 Å². The molecule has 0 saturated heterocycles. The van der Waals surface area contributed by atoms with E-state index in [1.54, 1.807) is 19.1 Å². The SMILES string of the molecule is CC[C@H]1SNC(=O)c2ccc3c(c2)N(C[C@@H]2CC[C@H]2[C@@H](OCCOC)/C=C/C[C@@H]1C)C[C@@]1(CCCc2cc(Cl)ccc21)CO3. The number of nitrogens with one attached hydrogen (secondary N) is 1. The van der Waals surface area contributed by atoms with Crippen LogP contribution in [0.25, 0.3) is 0 Å². The van der Waals surface area contributed by atoms with Crippen LogP contribution in [0, 0.1) is 17.8 Å². The number of allylic oxidation sites excluding steroid dienone is 1. The Morgan fingerprint density at radius 2 is 2.07 bits per heavy atom. The van der Waals surface area contributed by atoms with Gasteiger partial charge in [-0.15, -0.1) is 0 Å². The quantitative estimate of drug-likeness (QED) is 0.207. The number of rotatable bonds is 5. The second-order valence-electron chi connectivity index (χ2n) is 13.3. The minimum absolute atomic E-state index is 0.0456. The number of hydrogen-bond acceptors (Lipinski definition) is 6. The summed E-state index contributed by atoms with van der Waals surface area (Å²) >= 11 is 8.01. The topological polar surface area (TPSA) is 60.0 Å². The lowest BCUT2D eigenvalue weighted by molar-refractivity contribution is -0.0309. The van der Waals surface area contributed by atoms with Crippen LogP contribution < -0.4 is 14.4 Å². The second-order valence-corrected chi connectivity index (χ2v) is 14.7. The van der Waals surface area contributed by atoms with Crippen molar-refractivity contribution in [2.45, 2.75) is 75.6 Å². The first-order chi connectivity index (χ1) is 21.4. The number of halogens is 1. The molecule has 2 heterocycles. The highest BCUT2D eigenvalue weighted by Gasteiger charge is 2.44. The molecule has 8 heteroatoms. The molecule has 2 aliphatic heterocycles. The average molecular weight is 639 g/mol. The Morgan fingerprint density at radius 3 is 2.86 bits per heavy atom. The minimum atomic E-state index is -0.145. The number of ether oxygens (including phenoxy) is 3. The molecule has 2 aromatic rings. The van der Waals surface area contributed by atoms with Crippen molar-refractivity contribution in [1.29, 1.82) is 0 Å². The maximum Gasteiger partial charge on any atom is 0.261 e. The van der Waals surface area contributed by atoms with Crippen LogP contribution in [-0.4, -0.2) is 57.3 Å². The fraction of sp³-hybridized carbons (Fsp3) is 0.583. The third kappa shape index (κ3) is 6.67. The van der Waals surface area contributed by atoms with E-state index in [9.17, 15) is 4.79 Å². The van der Waals surface area contributed by atoms with Crippen molar-refractivity contribution in [2.75, 3.05) is 44.9 Å². The van der Waals surface area contributed by atoms with Gasteiger partial charge in [0.25, 0.3) is 5.91 Å². The molecule has 1 fully saturated rings. The van der Waals surface area contributed by atoms with Crippen LogP contribution in [-0.2, 0) is 21.3 Å². The van der Waals surface area contributed by atoms with Crippen molar-refractivity contribution < 1.29 is 19.0 Å². The minimum Gasteiger partial charge on any atom is -0.490 e. The Balaban J connectivity index is 1.38. The molecule has 6 nitrogen and oxygen atoms in total. The number of fused-ring (bicyclic) bond motifs is 4. The fourth-order valence-electron chi connectivity index (χ4n) is 7.75. The number of carbonyl (C=O) groups is 1. The number of hydrogen-bond donors (Lipinski definition) is 1. The summed E-state index contributed by atoms with van der Waals surface area (Å²) < 4.78 is 21.7.